The lowest BCUT2D eigenvalue weighted by Crippen LogP contribution is -2.57. The van der Waals surface area contributed by atoms with Crippen molar-refractivity contribution in [2.75, 3.05) is 6.61 Å². The number of hydrogen-bond donors (Lipinski definition) is 1. The molecular weight excluding hydrogens is 382 g/mol. The number of rotatable bonds is 5. The average molecular weight is 411 g/mol. The molecule has 6 nitrogen and oxygen atoms in total. The Bertz CT molecular complexity index is 873. The number of benzene rings is 2. The fourth-order valence-corrected chi connectivity index (χ4v) is 3.46. The van der Waals surface area contributed by atoms with Crippen molar-refractivity contribution in [3.05, 3.63) is 71.3 Å². The molecule has 0 saturated carbocycles. The quantitative estimate of drug-likeness (QED) is 0.735. The van der Waals surface area contributed by atoms with Crippen LogP contribution in [0.4, 0.5) is 4.79 Å². The van der Waals surface area contributed by atoms with Crippen LogP contribution >= 0.6 is 0 Å². The minimum Gasteiger partial charge on any atom is -0.459 e. The normalized spacial score (nSPS) is 21.1. The number of alkyl carbamates (subject to hydrolysis) is 1. The summed E-state index contributed by atoms with van der Waals surface area (Å²) in [5.74, 6) is -0.541. The summed E-state index contributed by atoms with van der Waals surface area (Å²) in [6, 6.07) is 17.1. The first-order valence-electron chi connectivity index (χ1n) is 10.1. The zero-order chi connectivity index (χ0) is 21.8. The van der Waals surface area contributed by atoms with Crippen LogP contribution in [0.1, 0.15) is 50.0 Å². The summed E-state index contributed by atoms with van der Waals surface area (Å²) >= 11 is 0. The van der Waals surface area contributed by atoms with E-state index in [4.69, 9.17) is 14.2 Å². The summed E-state index contributed by atoms with van der Waals surface area (Å²) in [6.45, 7) is 7.73. The number of ether oxygens (including phenoxy) is 3. The Hall–Kier alpha value is -2.86. The molecule has 0 bridgehead atoms. The highest BCUT2D eigenvalue weighted by atomic mass is 16.6. The van der Waals surface area contributed by atoms with Gasteiger partial charge in [0.05, 0.1) is 6.61 Å². The summed E-state index contributed by atoms with van der Waals surface area (Å²) in [4.78, 5) is 26.0. The van der Waals surface area contributed by atoms with Gasteiger partial charge in [-0.15, -0.1) is 0 Å². The van der Waals surface area contributed by atoms with Crippen LogP contribution in [-0.4, -0.2) is 29.8 Å². The van der Waals surface area contributed by atoms with Crippen LogP contribution in [0.3, 0.4) is 0 Å². The molecule has 0 radical (unpaired) electrons. The summed E-state index contributed by atoms with van der Waals surface area (Å²) in [5.41, 5.74) is 0.689. The molecule has 3 rings (SSSR count). The van der Waals surface area contributed by atoms with E-state index in [1.54, 1.807) is 20.8 Å². The van der Waals surface area contributed by atoms with Gasteiger partial charge < -0.3 is 19.5 Å². The van der Waals surface area contributed by atoms with Crippen molar-refractivity contribution in [3.63, 3.8) is 0 Å². The van der Waals surface area contributed by atoms with E-state index in [2.05, 4.69) is 5.32 Å². The molecule has 0 spiro atoms. The van der Waals surface area contributed by atoms with Crippen molar-refractivity contribution >= 4 is 12.1 Å². The molecule has 1 saturated heterocycles. The van der Waals surface area contributed by atoms with Crippen molar-refractivity contribution in [2.24, 2.45) is 0 Å². The molecule has 1 aliphatic rings. The molecule has 1 amide bonds. The van der Waals surface area contributed by atoms with Crippen LogP contribution in [0.15, 0.2) is 54.6 Å². The highest BCUT2D eigenvalue weighted by Gasteiger charge is 2.54. The molecule has 2 aromatic carbocycles. The molecule has 0 aliphatic carbocycles. The lowest BCUT2D eigenvalue weighted by atomic mass is 9.86. The van der Waals surface area contributed by atoms with Gasteiger partial charge in [-0.1, -0.05) is 60.2 Å². The minimum atomic E-state index is -1.37. The number of amides is 1. The van der Waals surface area contributed by atoms with Gasteiger partial charge in [-0.05, 0) is 38.8 Å². The third kappa shape index (κ3) is 5.19. The average Bonchev–Trinajstić information content (AvgIpc) is 3.10. The maximum absolute atomic E-state index is 13.3. The second-order valence-corrected chi connectivity index (χ2v) is 8.57. The Balaban J connectivity index is 1.88. The number of hydrogen-bond acceptors (Lipinski definition) is 5. The first-order valence-corrected chi connectivity index (χ1v) is 10.1. The minimum absolute atomic E-state index is 0.109. The van der Waals surface area contributed by atoms with Crippen molar-refractivity contribution in [2.45, 2.75) is 58.0 Å². The summed E-state index contributed by atoms with van der Waals surface area (Å²) in [5, 5.41) is 2.79. The van der Waals surface area contributed by atoms with E-state index in [1.807, 2.05) is 61.5 Å². The molecule has 1 heterocycles. The Labute approximate surface area is 177 Å². The number of carbonyl (C=O) groups is 2. The van der Waals surface area contributed by atoms with E-state index in [-0.39, 0.29) is 6.61 Å². The highest BCUT2D eigenvalue weighted by molar-refractivity contribution is 5.87. The van der Waals surface area contributed by atoms with Crippen LogP contribution in [0.5, 0.6) is 0 Å². The fraction of sp³-hybridized carbons (Fsp3) is 0.417. The fourth-order valence-electron chi connectivity index (χ4n) is 3.46. The van der Waals surface area contributed by atoms with E-state index in [0.29, 0.717) is 13.0 Å². The van der Waals surface area contributed by atoms with Crippen molar-refractivity contribution in [1.29, 1.82) is 0 Å². The van der Waals surface area contributed by atoms with Crippen LogP contribution in [0.2, 0.25) is 0 Å². The molecule has 2 atom stereocenters. The van der Waals surface area contributed by atoms with Crippen molar-refractivity contribution < 1.29 is 23.8 Å². The second kappa shape index (κ2) is 8.88. The van der Waals surface area contributed by atoms with E-state index in [1.165, 1.54) is 0 Å². The van der Waals surface area contributed by atoms with Gasteiger partial charge in [-0.2, -0.15) is 0 Å². The van der Waals surface area contributed by atoms with Crippen molar-refractivity contribution in [3.8, 4) is 0 Å². The Kier molecular flexibility index (Phi) is 6.46. The molecule has 0 aromatic heterocycles. The number of esters is 1. The third-order valence-electron chi connectivity index (χ3n) is 4.91. The topological polar surface area (TPSA) is 73.9 Å². The van der Waals surface area contributed by atoms with Gasteiger partial charge in [0, 0.05) is 6.42 Å². The second-order valence-electron chi connectivity index (χ2n) is 8.57. The van der Waals surface area contributed by atoms with Crippen LogP contribution in [0, 0.1) is 6.92 Å². The zero-order valence-corrected chi connectivity index (χ0v) is 17.9. The highest BCUT2D eigenvalue weighted by Crippen LogP contribution is 2.40. The van der Waals surface area contributed by atoms with Crippen LogP contribution < -0.4 is 5.32 Å². The van der Waals surface area contributed by atoms with E-state index in [0.717, 1.165) is 16.7 Å². The molecule has 160 valence electrons. The van der Waals surface area contributed by atoms with E-state index < -0.39 is 29.3 Å². The van der Waals surface area contributed by atoms with E-state index >= 15 is 0 Å². The number of aryl methyl sites for hydroxylation is 1. The van der Waals surface area contributed by atoms with Gasteiger partial charge in [0.1, 0.15) is 18.3 Å². The van der Waals surface area contributed by atoms with Crippen LogP contribution in [0.25, 0.3) is 0 Å². The summed E-state index contributed by atoms with van der Waals surface area (Å²) < 4.78 is 17.0. The van der Waals surface area contributed by atoms with Crippen molar-refractivity contribution in [1.82, 2.24) is 5.32 Å². The maximum atomic E-state index is 13.3. The molecule has 30 heavy (non-hydrogen) atoms. The van der Waals surface area contributed by atoms with Gasteiger partial charge >= 0.3 is 12.1 Å². The molecule has 1 N–H and O–H groups in total. The SMILES string of the molecule is Cc1ccc([C@H]2OCC[C@@]2(NC(=O)OC(C)(C)C)C(=O)OCc2ccccc2)cc1. The molecule has 0 unspecified atom stereocenters. The van der Waals surface area contributed by atoms with Crippen LogP contribution in [-0.2, 0) is 25.6 Å². The van der Waals surface area contributed by atoms with Gasteiger partial charge in [-0.25, -0.2) is 9.59 Å². The third-order valence-corrected chi connectivity index (χ3v) is 4.91. The zero-order valence-electron chi connectivity index (χ0n) is 17.9. The smallest absolute Gasteiger partial charge is 0.408 e. The number of carbonyl (C=O) groups excluding carboxylic acids is 2. The molecule has 2 aromatic rings. The summed E-state index contributed by atoms with van der Waals surface area (Å²) in [7, 11) is 0. The Morgan fingerprint density at radius 1 is 1.10 bits per heavy atom. The van der Waals surface area contributed by atoms with E-state index in [9.17, 15) is 9.59 Å². The van der Waals surface area contributed by atoms with Gasteiger partial charge in [0.15, 0.2) is 5.54 Å². The largest absolute Gasteiger partial charge is 0.459 e. The first-order chi connectivity index (χ1) is 14.2. The molecule has 6 heteroatoms. The predicted molar refractivity (Wildman–Crippen MR) is 113 cm³/mol. The summed E-state index contributed by atoms with van der Waals surface area (Å²) in [6.07, 6.45) is -1.06. The van der Waals surface area contributed by atoms with Gasteiger partial charge in [-0.3, -0.25) is 0 Å². The Morgan fingerprint density at radius 3 is 2.40 bits per heavy atom. The molecule has 1 aliphatic heterocycles. The maximum Gasteiger partial charge on any atom is 0.408 e. The first kappa shape index (κ1) is 21.8. The van der Waals surface area contributed by atoms with Gasteiger partial charge in [0.25, 0.3) is 0 Å². The lowest BCUT2D eigenvalue weighted by molar-refractivity contribution is -0.156. The van der Waals surface area contributed by atoms with Gasteiger partial charge in [0.2, 0.25) is 0 Å². The monoisotopic (exact) mass is 411 g/mol. The number of nitrogens with one attached hydrogen (secondary N) is 1. The Morgan fingerprint density at radius 2 is 1.77 bits per heavy atom. The standard InChI is InChI=1S/C24H29NO5/c1-17-10-12-19(13-11-17)20-24(14-15-28-20,25-22(27)30-23(2,3)4)21(26)29-16-18-8-6-5-7-9-18/h5-13,20H,14-16H2,1-4H3,(H,25,27)/t20-,24+/m1/s1. The molecular formula is C24H29NO5. The molecule has 1 fully saturated rings. The predicted octanol–water partition coefficient (Wildman–Crippen LogP) is 4.46. The lowest BCUT2D eigenvalue weighted by Gasteiger charge is -2.33.